The molecule has 5 heteroatoms. The van der Waals surface area contributed by atoms with E-state index in [0.717, 1.165) is 6.42 Å². The number of methoxy groups -OCH3 is 1. The predicted octanol–water partition coefficient (Wildman–Crippen LogP) is 2.30. The molecule has 1 aliphatic rings. The highest BCUT2D eigenvalue weighted by Gasteiger charge is 2.42. The number of nitrogens with zero attached hydrogens (tertiary/aromatic N) is 1. The summed E-state index contributed by atoms with van der Waals surface area (Å²) in [6.45, 7) is 2.58. The standard InChI is InChI=1S/C14H17FN2O2/c1-3-19-13-7-12(14(13)18-2)17-11-6-4-5-10(15)9(11)8-16/h4-6,12-14,17H,3,7H2,1-2H3. The topological polar surface area (TPSA) is 54.3 Å². The van der Waals surface area contributed by atoms with Crippen molar-refractivity contribution >= 4 is 5.69 Å². The Hall–Kier alpha value is -1.64. The number of nitriles is 1. The largest absolute Gasteiger partial charge is 0.378 e. The Bertz CT molecular complexity index is 487. The number of nitrogens with one attached hydrogen (secondary N) is 1. The summed E-state index contributed by atoms with van der Waals surface area (Å²) in [7, 11) is 1.63. The summed E-state index contributed by atoms with van der Waals surface area (Å²) in [5.41, 5.74) is 0.543. The molecular weight excluding hydrogens is 247 g/mol. The van der Waals surface area contributed by atoms with Crippen LogP contribution in [-0.2, 0) is 9.47 Å². The lowest BCUT2D eigenvalue weighted by molar-refractivity contribution is -0.118. The zero-order valence-electron chi connectivity index (χ0n) is 11.0. The monoisotopic (exact) mass is 264 g/mol. The van der Waals surface area contributed by atoms with Crippen molar-refractivity contribution in [1.29, 1.82) is 5.26 Å². The van der Waals surface area contributed by atoms with Crippen LogP contribution in [0.15, 0.2) is 18.2 Å². The molecule has 3 atom stereocenters. The van der Waals surface area contributed by atoms with Crippen molar-refractivity contribution in [2.75, 3.05) is 19.0 Å². The lowest BCUT2D eigenvalue weighted by atomic mass is 9.84. The van der Waals surface area contributed by atoms with Gasteiger partial charge < -0.3 is 14.8 Å². The van der Waals surface area contributed by atoms with Crippen molar-refractivity contribution in [2.24, 2.45) is 0 Å². The zero-order valence-corrected chi connectivity index (χ0v) is 11.0. The van der Waals surface area contributed by atoms with E-state index in [1.54, 1.807) is 19.2 Å². The Kier molecular flexibility index (Phi) is 4.35. The van der Waals surface area contributed by atoms with Gasteiger partial charge in [-0.05, 0) is 25.5 Å². The Labute approximate surface area is 112 Å². The van der Waals surface area contributed by atoms with Crippen LogP contribution in [0.3, 0.4) is 0 Å². The van der Waals surface area contributed by atoms with Crippen molar-refractivity contribution in [3.8, 4) is 6.07 Å². The molecule has 1 N–H and O–H groups in total. The SMILES string of the molecule is CCOC1CC(Nc2cccc(F)c2C#N)C1OC. The number of halogens is 1. The highest BCUT2D eigenvalue weighted by molar-refractivity contribution is 5.58. The molecule has 1 aromatic rings. The molecule has 0 saturated heterocycles. The third-order valence-electron chi connectivity index (χ3n) is 3.37. The summed E-state index contributed by atoms with van der Waals surface area (Å²) in [4.78, 5) is 0. The van der Waals surface area contributed by atoms with Crippen LogP contribution < -0.4 is 5.32 Å². The van der Waals surface area contributed by atoms with Gasteiger partial charge in [-0.15, -0.1) is 0 Å². The van der Waals surface area contributed by atoms with Crippen molar-refractivity contribution in [2.45, 2.75) is 31.6 Å². The van der Waals surface area contributed by atoms with E-state index in [0.29, 0.717) is 12.3 Å². The highest BCUT2D eigenvalue weighted by Crippen LogP contribution is 2.31. The average Bonchev–Trinajstić information content (AvgIpc) is 2.38. The van der Waals surface area contributed by atoms with E-state index in [1.165, 1.54) is 6.07 Å². The molecule has 0 heterocycles. The maximum Gasteiger partial charge on any atom is 0.143 e. The fourth-order valence-corrected chi connectivity index (χ4v) is 2.37. The van der Waals surface area contributed by atoms with Crippen LogP contribution in [-0.4, -0.2) is 32.0 Å². The summed E-state index contributed by atoms with van der Waals surface area (Å²) in [5, 5.41) is 12.1. The molecule has 102 valence electrons. The molecule has 4 nitrogen and oxygen atoms in total. The molecule has 1 saturated carbocycles. The second-order valence-electron chi connectivity index (χ2n) is 4.45. The zero-order chi connectivity index (χ0) is 13.8. The number of rotatable bonds is 5. The van der Waals surface area contributed by atoms with E-state index < -0.39 is 5.82 Å². The molecule has 1 aromatic carbocycles. The molecule has 0 spiro atoms. The first-order valence-electron chi connectivity index (χ1n) is 6.30. The maximum absolute atomic E-state index is 13.5. The molecule has 0 aliphatic heterocycles. The first-order valence-corrected chi connectivity index (χ1v) is 6.30. The van der Waals surface area contributed by atoms with Gasteiger partial charge in [0.25, 0.3) is 0 Å². The molecule has 0 aromatic heterocycles. The Balaban J connectivity index is 2.07. The molecule has 0 amide bonds. The smallest absolute Gasteiger partial charge is 0.143 e. The van der Waals surface area contributed by atoms with Crippen LogP contribution in [0.4, 0.5) is 10.1 Å². The fraction of sp³-hybridized carbons (Fsp3) is 0.500. The van der Waals surface area contributed by atoms with Gasteiger partial charge in [-0.2, -0.15) is 5.26 Å². The van der Waals surface area contributed by atoms with Crippen molar-refractivity contribution in [1.82, 2.24) is 0 Å². The van der Waals surface area contributed by atoms with Gasteiger partial charge in [0.1, 0.15) is 23.6 Å². The fourth-order valence-electron chi connectivity index (χ4n) is 2.37. The van der Waals surface area contributed by atoms with E-state index in [2.05, 4.69) is 5.32 Å². The molecular formula is C14H17FN2O2. The third kappa shape index (κ3) is 2.70. The van der Waals surface area contributed by atoms with Crippen LogP contribution in [0.25, 0.3) is 0 Å². The van der Waals surface area contributed by atoms with Gasteiger partial charge in [0, 0.05) is 13.7 Å². The predicted molar refractivity (Wildman–Crippen MR) is 69.4 cm³/mol. The minimum Gasteiger partial charge on any atom is -0.378 e. The first kappa shape index (κ1) is 13.8. The van der Waals surface area contributed by atoms with E-state index in [1.807, 2.05) is 13.0 Å². The quantitative estimate of drug-likeness (QED) is 0.886. The third-order valence-corrected chi connectivity index (χ3v) is 3.37. The van der Waals surface area contributed by atoms with Crippen LogP contribution in [0.1, 0.15) is 18.9 Å². The summed E-state index contributed by atoms with van der Waals surface area (Å²) in [6, 6.07) is 6.47. The first-order chi connectivity index (χ1) is 9.21. The maximum atomic E-state index is 13.5. The number of ether oxygens (including phenoxy) is 2. The Morgan fingerprint density at radius 1 is 1.53 bits per heavy atom. The Morgan fingerprint density at radius 2 is 2.32 bits per heavy atom. The molecule has 19 heavy (non-hydrogen) atoms. The number of hydrogen-bond acceptors (Lipinski definition) is 4. The van der Waals surface area contributed by atoms with Crippen LogP contribution in [0, 0.1) is 17.1 Å². The van der Waals surface area contributed by atoms with Crippen LogP contribution in [0.5, 0.6) is 0 Å². The van der Waals surface area contributed by atoms with Gasteiger partial charge in [-0.1, -0.05) is 6.07 Å². The van der Waals surface area contributed by atoms with Crippen LogP contribution in [0.2, 0.25) is 0 Å². The van der Waals surface area contributed by atoms with Crippen molar-refractivity contribution in [3.63, 3.8) is 0 Å². The molecule has 2 rings (SSSR count). The van der Waals surface area contributed by atoms with Gasteiger partial charge >= 0.3 is 0 Å². The van der Waals surface area contributed by atoms with Crippen molar-refractivity contribution in [3.05, 3.63) is 29.6 Å². The second kappa shape index (κ2) is 6.00. The van der Waals surface area contributed by atoms with Gasteiger partial charge in [-0.25, -0.2) is 4.39 Å². The summed E-state index contributed by atoms with van der Waals surface area (Å²) >= 11 is 0. The molecule has 0 radical (unpaired) electrons. The Morgan fingerprint density at radius 3 is 2.95 bits per heavy atom. The van der Waals surface area contributed by atoms with Gasteiger partial charge in [0.15, 0.2) is 0 Å². The molecule has 1 fully saturated rings. The van der Waals surface area contributed by atoms with Gasteiger partial charge in [-0.3, -0.25) is 0 Å². The number of anilines is 1. The van der Waals surface area contributed by atoms with E-state index in [9.17, 15) is 4.39 Å². The lowest BCUT2D eigenvalue weighted by Gasteiger charge is -2.43. The second-order valence-corrected chi connectivity index (χ2v) is 4.45. The van der Waals surface area contributed by atoms with E-state index in [4.69, 9.17) is 14.7 Å². The summed E-state index contributed by atoms with van der Waals surface area (Å²) in [5.74, 6) is -0.512. The van der Waals surface area contributed by atoms with Crippen LogP contribution >= 0.6 is 0 Å². The molecule has 3 unspecified atom stereocenters. The number of hydrogen-bond donors (Lipinski definition) is 1. The summed E-state index contributed by atoms with van der Waals surface area (Å²) in [6.07, 6.45) is 0.773. The molecule has 0 bridgehead atoms. The molecule has 1 aliphatic carbocycles. The minimum absolute atomic E-state index is 0.0375. The lowest BCUT2D eigenvalue weighted by Crippen LogP contribution is -2.56. The number of benzene rings is 1. The minimum atomic E-state index is -0.512. The van der Waals surface area contributed by atoms with Gasteiger partial charge in [0.2, 0.25) is 0 Å². The van der Waals surface area contributed by atoms with Crippen molar-refractivity contribution < 1.29 is 13.9 Å². The average molecular weight is 264 g/mol. The van der Waals surface area contributed by atoms with Gasteiger partial charge in [0.05, 0.1) is 17.8 Å². The normalized spacial score (nSPS) is 25.5. The summed E-state index contributed by atoms with van der Waals surface area (Å²) < 4.78 is 24.4. The van der Waals surface area contributed by atoms with E-state index in [-0.39, 0.29) is 23.8 Å². The van der Waals surface area contributed by atoms with E-state index >= 15 is 0 Å². The highest BCUT2D eigenvalue weighted by atomic mass is 19.1.